The minimum atomic E-state index is 0.608. The van der Waals surface area contributed by atoms with Crippen LogP contribution in [0.4, 0.5) is 0 Å². The Morgan fingerprint density at radius 1 is 0.900 bits per heavy atom. The van der Waals surface area contributed by atoms with E-state index in [1.54, 1.807) is 21.3 Å². The van der Waals surface area contributed by atoms with E-state index in [1.165, 1.54) is 0 Å². The lowest BCUT2D eigenvalue weighted by Crippen LogP contribution is -2.38. The Balaban J connectivity index is 1.84. The molecule has 7 heteroatoms. The van der Waals surface area contributed by atoms with Crippen LogP contribution in [0.5, 0.6) is 23.0 Å². The van der Waals surface area contributed by atoms with Crippen molar-refractivity contribution in [2.24, 2.45) is 4.99 Å². The largest absolute Gasteiger partial charge is 0.494 e. The van der Waals surface area contributed by atoms with Gasteiger partial charge in [0.05, 0.1) is 27.9 Å². The van der Waals surface area contributed by atoms with E-state index in [1.807, 2.05) is 49.4 Å². The predicted octanol–water partition coefficient (Wildman–Crippen LogP) is 3.28. The lowest BCUT2D eigenvalue weighted by atomic mass is 10.1. The molecule has 0 aromatic heterocycles. The van der Waals surface area contributed by atoms with Crippen LogP contribution in [0.2, 0.25) is 0 Å². The molecule has 0 aliphatic rings. The zero-order valence-electron chi connectivity index (χ0n) is 18.4. The molecule has 0 spiro atoms. The van der Waals surface area contributed by atoms with Crippen molar-refractivity contribution >= 4 is 5.96 Å². The van der Waals surface area contributed by atoms with Gasteiger partial charge >= 0.3 is 0 Å². The first-order chi connectivity index (χ1) is 14.7. The number of benzene rings is 2. The fourth-order valence-electron chi connectivity index (χ4n) is 2.98. The summed E-state index contributed by atoms with van der Waals surface area (Å²) >= 11 is 0. The van der Waals surface area contributed by atoms with Gasteiger partial charge in [0.15, 0.2) is 17.5 Å². The summed E-state index contributed by atoms with van der Waals surface area (Å²) in [7, 11) is 4.86. The second-order valence-electron chi connectivity index (χ2n) is 6.45. The van der Waals surface area contributed by atoms with Crippen molar-refractivity contribution in [1.29, 1.82) is 0 Å². The summed E-state index contributed by atoms with van der Waals surface area (Å²) in [6.45, 7) is 4.87. The van der Waals surface area contributed by atoms with E-state index < -0.39 is 0 Å². The van der Waals surface area contributed by atoms with Gasteiger partial charge in [-0.05, 0) is 31.5 Å². The number of nitrogens with zero attached hydrogens (tertiary/aromatic N) is 1. The van der Waals surface area contributed by atoms with Crippen LogP contribution in [0.3, 0.4) is 0 Å². The predicted molar refractivity (Wildman–Crippen MR) is 120 cm³/mol. The fraction of sp³-hybridized carbons (Fsp3) is 0.435. The van der Waals surface area contributed by atoms with Crippen LogP contribution in [0.15, 0.2) is 47.5 Å². The first kappa shape index (κ1) is 23.2. The third kappa shape index (κ3) is 7.06. The van der Waals surface area contributed by atoms with E-state index >= 15 is 0 Å². The minimum Gasteiger partial charge on any atom is -0.494 e. The molecule has 0 radical (unpaired) electrons. The fourth-order valence-corrected chi connectivity index (χ4v) is 2.98. The summed E-state index contributed by atoms with van der Waals surface area (Å²) in [5, 5.41) is 6.63. The van der Waals surface area contributed by atoms with Gasteiger partial charge in [0.2, 0.25) is 5.75 Å². The van der Waals surface area contributed by atoms with Gasteiger partial charge in [0, 0.05) is 31.6 Å². The second-order valence-corrected chi connectivity index (χ2v) is 6.45. The van der Waals surface area contributed by atoms with Gasteiger partial charge in [-0.3, -0.25) is 4.99 Å². The van der Waals surface area contributed by atoms with Gasteiger partial charge in [-0.25, -0.2) is 0 Å². The summed E-state index contributed by atoms with van der Waals surface area (Å²) in [6, 6.07) is 13.7. The van der Waals surface area contributed by atoms with E-state index in [4.69, 9.17) is 18.9 Å². The summed E-state index contributed by atoms with van der Waals surface area (Å²) in [6.07, 6.45) is 1.60. The van der Waals surface area contributed by atoms with Crippen molar-refractivity contribution in [2.75, 3.05) is 47.6 Å². The number of ether oxygens (including phenoxy) is 4. The normalized spacial score (nSPS) is 11.0. The molecule has 0 saturated carbocycles. The van der Waals surface area contributed by atoms with E-state index in [9.17, 15) is 0 Å². The summed E-state index contributed by atoms with van der Waals surface area (Å²) in [5.41, 5.74) is 1.04. The van der Waals surface area contributed by atoms with Crippen LogP contribution in [0, 0.1) is 0 Å². The molecule has 0 amide bonds. The molecule has 2 aromatic carbocycles. The Labute approximate surface area is 179 Å². The van der Waals surface area contributed by atoms with Gasteiger partial charge in [-0.15, -0.1) is 0 Å². The van der Waals surface area contributed by atoms with E-state index in [-0.39, 0.29) is 0 Å². The quantitative estimate of drug-likeness (QED) is 0.315. The molecule has 0 unspecified atom stereocenters. The molecule has 7 nitrogen and oxygen atoms in total. The average Bonchev–Trinajstić information content (AvgIpc) is 2.78. The highest BCUT2D eigenvalue weighted by Crippen LogP contribution is 2.39. The van der Waals surface area contributed by atoms with Crippen molar-refractivity contribution in [1.82, 2.24) is 10.6 Å². The zero-order valence-corrected chi connectivity index (χ0v) is 18.4. The number of nitrogens with one attached hydrogen (secondary N) is 2. The number of hydrogen-bond acceptors (Lipinski definition) is 5. The molecule has 0 atom stereocenters. The van der Waals surface area contributed by atoms with Crippen LogP contribution in [-0.2, 0) is 6.42 Å². The van der Waals surface area contributed by atoms with Crippen molar-refractivity contribution in [2.45, 2.75) is 19.8 Å². The van der Waals surface area contributed by atoms with Crippen LogP contribution in [0.1, 0.15) is 18.9 Å². The summed E-state index contributed by atoms with van der Waals surface area (Å²) in [4.78, 5) is 4.62. The SMILES string of the molecule is CCNC(=NCCCOc1ccccc1)NCCc1ccc(OC)c(OC)c1OC. The lowest BCUT2D eigenvalue weighted by molar-refractivity contribution is 0.313. The average molecular weight is 416 g/mol. The molecule has 164 valence electrons. The highest BCUT2D eigenvalue weighted by atomic mass is 16.5. The number of rotatable bonds is 12. The molecule has 2 N–H and O–H groups in total. The topological polar surface area (TPSA) is 73.3 Å². The van der Waals surface area contributed by atoms with E-state index in [2.05, 4.69) is 15.6 Å². The van der Waals surface area contributed by atoms with Gasteiger partial charge in [-0.2, -0.15) is 0 Å². The number of para-hydroxylation sites is 1. The Bertz CT molecular complexity index is 782. The molecular formula is C23H33N3O4. The third-order valence-corrected chi connectivity index (χ3v) is 4.40. The highest BCUT2D eigenvalue weighted by molar-refractivity contribution is 5.79. The second kappa shape index (κ2) is 13.2. The Kier molecular flexibility index (Phi) is 10.2. The van der Waals surface area contributed by atoms with Crippen molar-refractivity contribution in [3.05, 3.63) is 48.0 Å². The third-order valence-electron chi connectivity index (χ3n) is 4.40. The van der Waals surface area contributed by atoms with Gasteiger partial charge in [0.1, 0.15) is 5.75 Å². The van der Waals surface area contributed by atoms with Gasteiger partial charge in [0.25, 0.3) is 0 Å². The van der Waals surface area contributed by atoms with Crippen molar-refractivity contribution in [3.8, 4) is 23.0 Å². The number of guanidine groups is 1. The molecule has 0 heterocycles. The number of hydrogen-bond donors (Lipinski definition) is 2. The standard InChI is InChI=1S/C23H33N3O4/c1-5-24-23(25-15-9-17-30-19-10-7-6-8-11-19)26-16-14-18-12-13-20(27-2)22(29-4)21(18)28-3/h6-8,10-13H,5,9,14-17H2,1-4H3,(H2,24,25,26). The van der Waals surface area contributed by atoms with Crippen LogP contribution in [0.25, 0.3) is 0 Å². The molecular weight excluding hydrogens is 382 g/mol. The Morgan fingerprint density at radius 2 is 1.67 bits per heavy atom. The monoisotopic (exact) mass is 415 g/mol. The molecule has 0 fully saturated rings. The zero-order chi connectivity index (χ0) is 21.6. The molecule has 0 aliphatic heterocycles. The smallest absolute Gasteiger partial charge is 0.203 e. The molecule has 0 bridgehead atoms. The molecule has 30 heavy (non-hydrogen) atoms. The first-order valence-electron chi connectivity index (χ1n) is 10.2. The summed E-state index contributed by atoms with van der Waals surface area (Å²) in [5.74, 6) is 3.63. The molecule has 2 rings (SSSR count). The summed E-state index contributed by atoms with van der Waals surface area (Å²) < 4.78 is 22.1. The Hall–Kier alpha value is -3.09. The lowest BCUT2D eigenvalue weighted by Gasteiger charge is -2.16. The maximum Gasteiger partial charge on any atom is 0.203 e. The van der Waals surface area contributed by atoms with Crippen LogP contribution >= 0.6 is 0 Å². The minimum absolute atomic E-state index is 0.608. The number of methoxy groups -OCH3 is 3. The van der Waals surface area contributed by atoms with Crippen molar-refractivity contribution < 1.29 is 18.9 Å². The van der Waals surface area contributed by atoms with E-state index in [0.717, 1.165) is 36.7 Å². The van der Waals surface area contributed by atoms with Crippen LogP contribution < -0.4 is 29.6 Å². The molecule has 2 aromatic rings. The molecule has 0 saturated heterocycles. The van der Waals surface area contributed by atoms with Crippen LogP contribution in [-0.4, -0.2) is 53.5 Å². The molecule has 0 aliphatic carbocycles. The van der Waals surface area contributed by atoms with Gasteiger partial charge < -0.3 is 29.6 Å². The maximum atomic E-state index is 5.71. The maximum absolute atomic E-state index is 5.71. The first-order valence-corrected chi connectivity index (χ1v) is 10.2. The van der Waals surface area contributed by atoms with E-state index in [0.29, 0.717) is 36.9 Å². The Morgan fingerprint density at radius 3 is 2.33 bits per heavy atom. The highest BCUT2D eigenvalue weighted by Gasteiger charge is 2.15. The van der Waals surface area contributed by atoms with Crippen molar-refractivity contribution in [3.63, 3.8) is 0 Å². The number of aliphatic imine (C=N–C) groups is 1. The van der Waals surface area contributed by atoms with Gasteiger partial charge in [-0.1, -0.05) is 24.3 Å².